The summed E-state index contributed by atoms with van der Waals surface area (Å²) in [6.07, 6.45) is 2.91. The van der Waals surface area contributed by atoms with E-state index in [-0.39, 0.29) is 18.1 Å². The molecule has 4 heteroatoms. The van der Waals surface area contributed by atoms with Gasteiger partial charge in [-0.2, -0.15) is 0 Å². The minimum Gasteiger partial charge on any atom is -0.393 e. The number of hydrogen-bond acceptors (Lipinski definition) is 3. The molecule has 1 amide bonds. The molecule has 4 nitrogen and oxygen atoms in total. The van der Waals surface area contributed by atoms with Gasteiger partial charge in [0, 0.05) is 31.5 Å². The predicted molar refractivity (Wildman–Crippen MR) is 81.4 cm³/mol. The minimum atomic E-state index is -0.209. The van der Waals surface area contributed by atoms with Crippen molar-refractivity contribution in [1.29, 1.82) is 0 Å². The molecule has 2 aliphatic rings. The molecule has 1 aliphatic heterocycles. The van der Waals surface area contributed by atoms with Crippen molar-refractivity contribution in [2.75, 3.05) is 13.1 Å². The van der Waals surface area contributed by atoms with E-state index >= 15 is 0 Å². The van der Waals surface area contributed by atoms with E-state index < -0.39 is 0 Å². The van der Waals surface area contributed by atoms with Crippen molar-refractivity contribution >= 4 is 5.91 Å². The van der Waals surface area contributed by atoms with E-state index in [9.17, 15) is 9.90 Å². The van der Waals surface area contributed by atoms with E-state index in [0.29, 0.717) is 24.7 Å². The van der Waals surface area contributed by atoms with Gasteiger partial charge in [-0.15, -0.1) is 0 Å². The standard InChI is InChI=1S/C17H24N2O2/c18-15(12-4-2-1-3-5-12)7-9-17(21)19-10-13-6-8-16(20)14(13)11-19/h1-5,13-16,20H,6-11,18H2. The number of aliphatic hydroxyl groups excluding tert-OH is 1. The first kappa shape index (κ1) is 14.5. The highest BCUT2D eigenvalue weighted by atomic mass is 16.3. The molecule has 0 bridgehead atoms. The van der Waals surface area contributed by atoms with Crippen LogP contribution in [0.25, 0.3) is 0 Å². The Morgan fingerprint density at radius 1 is 1.29 bits per heavy atom. The Balaban J connectivity index is 1.49. The highest BCUT2D eigenvalue weighted by Crippen LogP contribution is 2.38. The summed E-state index contributed by atoms with van der Waals surface area (Å²) < 4.78 is 0. The van der Waals surface area contributed by atoms with Gasteiger partial charge in [-0.05, 0) is 30.7 Å². The van der Waals surface area contributed by atoms with E-state index in [2.05, 4.69) is 0 Å². The van der Waals surface area contributed by atoms with Gasteiger partial charge in [0.2, 0.25) is 5.91 Å². The van der Waals surface area contributed by atoms with Crippen LogP contribution in [0.3, 0.4) is 0 Å². The average molecular weight is 288 g/mol. The zero-order valence-electron chi connectivity index (χ0n) is 12.3. The van der Waals surface area contributed by atoms with Crippen LogP contribution in [0.4, 0.5) is 0 Å². The molecule has 21 heavy (non-hydrogen) atoms. The Hall–Kier alpha value is -1.39. The quantitative estimate of drug-likeness (QED) is 0.886. The van der Waals surface area contributed by atoms with E-state index in [1.165, 1.54) is 0 Å². The number of nitrogens with two attached hydrogens (primary N) is 1. The van der Waals surface area contributed by atoms with Crippen LogP contribution in [0.2, 0.25) is 0 Å². The van der Waals surface area contributed by atoms with E-state index in [1.54, 1.807) is 0 Å². The largest absolute Gasteiger partial charge is 0.393 e. The third-order valence-corrected chi connectivity index (χ3v) is 5.07. The number of nitrogens with zero attached hydrogens (tertiary/aromatic N) is 1. The number of carbonyl (C=O) groups excluding carboxylic acids is 1. The lowest BCUT2D eigenvalue weighted by atomic mass is 10.00. The fourth-order valence-corrected chi connectivity index (χ4v) is 3.74. The molecule has 1 saturated carbocycles. The number of aliphatic hydroxyl groups is 1. The molecule has 2 fully saturated rings. The van der Waals surface area contributed by atoms with Crippen LogP contribution >= 0.6 is 0 Å². The molecule has 0 aromatic heterocycles. The first-order valence-corrected chi connectivity index (χ1v) is 7.91. The molecule has 3 rings (SSSR count). The van der Waals surface area contributed by atoms with Gasteiger partial charge in [0.25, 0.3) is 0 Å². The summed E-state index contributed by atoms with van der Waals surface area (Å²) >= 11 is 0. The normalized spacial score (nSPS) is 29.4. The Kier molecular flexibility index (Phi) is 4.27. The molecule has 1 aromatic carbocycles. The van der Waals surface area contributed by atoms with Gasteiger partial charge in [-0.3, -0.25) is 4.79 Å². The summed E-state index contributed by atoms with van der Waals surface area (Å²) in [6.45, 7) is 1.55. The second-order valence-electron chi connectivity index (χ2n) is 6.42. The van der Waals surface area contributed by atoms with Crippen molar-refractivity contribution in [2.45, 2.75) is 37.8 Å². The number of amides is 1. The minimum absolute atomic E-state index is 0.0807. The van der Waals surface area contributed by atoms with Gasteiger partial charge in [-0.25, -0.2) is 0 Å². The van der Waals surface area contributed by atoms with E-state index in [1.807, 2.05) is 35.2 Å². The lowest BCUT2D eigenvalue weighted by Crippen LogP contribution is -2.31. The zero-order chi connectivity index (χ0) is 14.8. The van der Waals surface area contributed by atoms with Crippen LogP contribution in [-0.2, 0) is 4.79 Å². The van der Waals surface area contributed by atoms with Crippen LogP contribution in [-0.4, -0.2) is 35.1 Å². The number of fused-ring (bicyclic) bond motifs is 1. The molecular weight excluding hydrogens is 264 g/mol. The third kappa shape index (κ3) is 3.11. The SMILES string of the molecule is NC(CCC(=O)N1CC2CCC(O)C2C1)c1ccccc1. The van der Waals surface area contributed by atoms with Crippen LogP contribution in [0.15, 0.2) is 30.3 Å². The molecule has 4 unspecified atom stereocenters. The topological polar surface area (TPSA) is 66.6 Å². The molecule has 3 N–H and O–H groups in total. The van der Waals surface area contributed by atoms with Gasteiger partial charge in [0.15, 0.2) is 0 Å². The number of hydrogen-bond donors (Lipinski definition) is 2. The number of benzene rings is 1. The molecule has 114 valence electrons. The highest BCUT2D eigenvalue weighted by Gasteiger charge is 2.43. The second kappa shape index (κ2) is 6.16. The fraction of sp³-hybridized carbons (Fsp3) is 0.588. The summed E-state index contributed by atoms with van der Waals surface area (Å²) in [5.41, 5.74) is 7.23. The monoisotopic (exact) mass is 288 g/mol. The maximum atomic E-state index is 12.3. The van der Waals surface area contributed by atoms with Gasteiger partial charge >= 0.3 is 0 Å². The van der Waals surface area contributed by atoms with Gasteiger partial charge in [0.05, 0.1) is 6.10 Å². The van der Waals surface area contributed by atoms with Crippen molar-refractivity contribution in [1.82, 2.24) is 4.90 Å². The Labute approximate surface area is 125 Å². The molecular formula is C17H24N2O2. The first-order valence-electron chi connectivity index (χ1n) is 7.91. The van der Waals surface area contributed by atoms with Gasteiger partial charge < -0.3 is 15.7 Å². The van der Waals surface area contributed by atoms with Gasteiger partial charge in [-0.1, -0.05) is 30.3 Å². The van der Waals surface area contributed by atoms with E-state index in [4.69, 9.17) is 5.73 Å². The molecule has 4 atom stereocenters. The van der Waals surface area contributed by atoms with Crippen molar-refractivity contribution in [3.05, 3.63) is 35.9 Å². The summed E-state index contributed by atoms with van der Waals surface area (Å²) in [5, 5.41) is 9.91. The molecule has 1 heterocycles. The maximum Gasteiger partial charge on any atom is 0.222 e. The molecule has 0 radical (unpaired) electrons. The Bertz CT molecular complexity index is 491. The van der Waals surface area contributed by atoms with Crippen molar-refractivity contribution in [3.63, 3.8) is 0 Å². The van der Waals surface area contributed by atoms with Gasteiger partial charge in [0.1, 0.15) is 0 Å². The number of rotatable bonds is 4. The first-order chi connectivity index (χ1) is 10.1. The third-order valence-electron chi connectivity index (χ3n) is 5.07. The Morgan fingerprint density at radius 2 is 2.05 bits per heavy atom. The second-order valence-corrected chi connectivity index (χ2v) is 6.42. The summed E-state index contributed by atoms with van der Waals surface area (Å²) in [5.74, 6) is 0.992. The fourth-order valence-electron chi connectivity index (χ4n) is 3.74. The highest BCUT2D eigenvalue weighted by molar-refractivity contribution is 5.76. The van der Waals surface area contributed by atoms with Crippen molar-refractivity contribution in [2.24, 2.45) is 17.6 Å². The van der Waals surface area contributed by atoms with Crippen LogP contribution in [0.5, 0.6) is 0 Å². The summed E-state index contributed by atoms with van der Waals surface area (Å²) in [7, 11) is 0. The molecule has 1 aromatic rings. The van der Waals surface area contributed by atoms with Crippen molar-refractivity contribution in [3.8, 4) is 0 Å². The average Bonchev–Trinajstić information content (AvgIpc) is 3.08. The lowest BCUT2D eigenvalue weighted by molar-refractivity contribution is -0.130. The maximum absolute atomic E-state index is 12.3. The van der Waals surface area contributed by atoms with E-state index in [0.717, 1.165) is 31.5 Å². The zero-order valence-corrected chi connectivity index (χ0v) is 12.3. The van der Waals surface area contributed by atoms with Crippen LogP contribution < -0.4 is 5.73 Å². The molecule has 1 aliphatic carbocycles. The molecule has 1 saturated heterocycles. The number of likely N-dealkylation sites (tertiary alicyclic amines) is 1. The lowest BCUT2D eigenvalue weighted by Gasteiger charge is -2.19. The summed E-state index contributed by atoms with van der Waals surface area (Å²) in [4.78, 5) is 14.2. The summed E-state index contributed by atoms with van der Waals surface area (Å²) in [6, 6.07) is 9.84. The number of carbonyl (C=O) groups is 1. The van der Waals surface area contributed by atoms with Crippen LogP contribution in [0, 0.1) is 11.8 Å². The van der Waals surface area contributed by atoms with Crippen molar-refractivity contribution < 1.29 is 9.90 Å². The predicted octanol–water partition coefficient (Wildman–Crippen LogP) is 1.70. The smallest absolute Gasteiger partial charge is 0.222 e. The molecule has 0 spiro atoms. The Morgan fingerprint density at radius 3 is 2.76 bits per heavy atom. The van der Waals surface area contributed by atoms with Crippen LogP contribution in [0.1, 0.15) is 37.3 Å².